The molecule has 1 aliphatic rings. The van der Waals surface area contributed by atoms with Crippen molar-refractivity contribution in [2.24, 2.45) is 5.92 Å². The number of hydrogen-bond acceptors (Lipinski definition) is 3. The second kappa shape index (κ2) is 18.2. The third kappa shape index (κ3) is 9.74. The smallest absolute Gasteiger partial charge is 0 e. The molecule has 0 bridgehead atoms. The molecule has 0 aliphatic heterocycles. The zero-order valence-corrected chi connectivity index (χ0v) is 37.8. The van der Waals surface area contributed by atoms with Crippen molar-refractivity contribution in [2.45, 2.75) is 88.3 Å². The van der Waals surface area contributed by atoms with Crippen LogP contribution in [0.3, 0.4) is 0 Å². The summed E-state index contributed by atoms with van der Waals surface area (Å²) in [7, 11) is 0. The number of rotatable bonds is 8. The second-order valence-corrected chi connectivity index (χ2v) is 27.2. The van der Waals surface area contributed by atoms with Gasteiger partial charge >= 0.3 is 154 Å². The van der Waals surface area contributed by atoms with Crippen molar-refractivity contribution >= 4 is 49.2 Å². The molecule has 0 spiro atoms. The van der Waals surface area contributed by atoms with Gasteiger partial charge in [0.25, 0.3) is 0 Å². The van der Waals surface area contributed by atoms with E-state index in [1.807, 2.05) is 81.6 Å². The molecule has 0 amide bonds. The summed E-state index contributed by atoms with van der Waals surface area (Å²) >= 11 is -0.545. The molecule has 285 valence electrons. The maximum atomic E-state index is 13.2. The molecular formula is C49H51FGeIrN2S-2. The van der Waals surface area contributed by atoms with Crippen LogP contribution >= 0.6 is 11.3 Å². The summed E-state index contributed by atoms with van der Waals surface area (Å²) in [6.45, 7) is 5.76. The molecule has 3 heterocycles. The first-order chi connectivity index (χ1) is 27.4. The van der Waals surface area contributed by atoms with Crippen LogP contribution in [-0.2, 0) is 26.5 Å². The van der Waals surface area contributed by atoms with Gasteiger partial charge in [0, 0.05) is 35.1 Å². The van der Waals surface area contributed by atoms with Crippen LogP contribution in [0.1, 0.15) is 92.4 Å². The van der Waals surface area contributed by atoms with Crippen molar-refractivity contribution in [2.75, 3.05) is 0 Å². The van der Waals surface area contributed by atoms with Crippen molar-refractivity contribution in [3.63, 3.8) is 0 Å². The Morgan fingerprint density at radius 3 is 2.35 bits per heavy atom. The van der Waals surface area contributed by atoms with Crippen LogP contribution in [0.25, 0.3) is 42.7 Å². The van der Waals surface area contributed by atoms with Gasteiger partial charge in [-0.3, -0.25) is 0 Å². The molecular weight excluding hydrogens is 932 g/mol. The molecule has 0 N–H and O–H groups in total. The third-order valence-electron chi connectivity index (χ3n) is 10.4. The molecule has 1 atom stereocenters. The molecule has 7 aromatic rings. The fourth-order valence-corrected chi connectivity index (χ4v) is 11.7. The molecule has 1 unspecified atom stereocenters. The maximum absolute atomic E-state index is 13.2. The normalized spacial score (nSPS) is 16.1. The van der Waals surface area contributed by atoms with E-state index in [0.29, 0.717) is 0 Å². The summed E-state index contributed by atoms with van der Waals surface area (Å²) in [5.74, 6) is 5.17. The summed E-state index contributed by atoms with van der Waals surface area (Å²) in [6.07, 6.45) is 7.69. The summed E-state index contributed by atoms with van der Waals surface area (Å²) in [5.41, 5.74) is 6.83. The monoisotopic (exact) mass is 989 g/mol. The summed E-state index contributed by atoms with van der Waals surface area (Å²) in [4.78, 5) is 9.25. The quantitative estimate of drug-likeness (QED) is 0.112. The van der Waals surface area contributed by atoms with Crippen molar-refractivity contribution < 1.29 is 30.0 Å². The predicted molar refractivity (Wildman–Crippen MR) is 231 cm³/mol. The summed E-state index contributed by atoms with van der Waals surface area (Å²) in [5, 5.41) is 2.34. The van der Waals surface area contributed by atoms with Gasteiger partial charge in [0.05, 0.1) is 0 Å². The van der Waals surface area contributed by atoms with Gasteiger partial charge in [-0.05, 0) is 51.7 Å². The summed E-state index contributed by atoms with van der Waals surface area (Å²) < 4.78 is 52.0. The van der Waals surface area contributed by atoms with Gasteiger partial charge in [-0.1, -0.05) is 75.1 Å². The molecule has 1 aliphatic carbocycles. The molecule has 4 aromatic carbocycles. The van der Waals surface area contributed by atoms with Crippen LogP contribution in [0.4, 0.5) is 4.39 Å². The van der Waals surface area contributed by atoms with E-state index < -0.39 is 31.4 Å². The van der Waals surface area contributed by atoms with Gasteiger partial charge in [-0.25, -0.2) is 0 Å². The van der Waals surface area contributed by atoms with Crippen molar-refractivity contribution in [1.29, 1.82) is 0 Å². The van der Waals surface area contributed by atoms with E-state index in [1.54, 1.807) is 23.6 Å². The van der Waals surface area contributed by atoms with E-state index in [2.05, 4.69) is 63.6 Å². The first-order valence-corrected chi connectivity index (χ1v) is 27.2. The molecule has 0 saturated heterocycles. The number of nitrogens with zero attached hydrogens (tertiary/aromatic N) is 2. The van der Waals surface area contributed by atoms with Crippen LogP contribution in [0.2, 0.25) is 17.3 Å². The minimum Gasteiger partial charge on any atom is 0 e. The Bertz CT molecular complexity index is 2540. The number of hydrogen-bond donors (Lipinski definition) is 0. The van der Waals surface area contributed by atoms with Crippen LogP contribution in [0.15, 0.2) is 109 Å². The Morgan fingerprint density at radius 2 is 1.64 bits per heavy atom. The van der Waals surface area contributed by atoms with Gasteiger partial charge in [-0.2, -0.15) is 11.3 Å². The number of halogens is 1. The van der Waals surface area contributed by atoms with Gasteiger partial charge in [-0.15, -0.1) is 23.8 Å². The van der Waals surface area contributed by atoms with Crippen molar-refractivity contribution in [3.05, 3.63) is 150 Å². The Labute approximate surface area is 353 Å². The van der Waals surface area contributed by atoms with Gasteiger partial charge in [0.1, 0.15) is 0 Å². The van der Waals surface area contributed by atoms with Gasteiger partial charge in [0.2, 0.25) is 0 Å². The Kier molecular flexibility index (Phi) is 11.9. The molecule has 2 nitrogen and oxygen atoms in total. The van der Waals surface area contributed by atoms with E-state index in [4.69, 9.17) is 5.48 Å². The fraction of sp³-hybridized carbons (Fsp3) is 0.306. The molecule has 6 heteroatoms. The maximum Gasteiger partial charge on any atom is 0 e. The molecule has 1 radical (unpaired) electrons. The average Bonchev–Trinajstić information content (AvgIpc) is 3.60. The number of benzene rings is 4. The van der Waals surface area contributed by atoms with E-state index in [9.17, 15) is 4.39 Å². The Hall–Kier alpha value is -3.48. The third-order valence-corrected chi connectivity index (χ3v) is 15.8. The van der Waals surface area contributed by atoms with E-state index in [1.165, 1.54) is 28.3 Å². The first-order valence-electron chi connectivity index (χ1n) is 21.0. The second-order valence-electron chi connectivity index (χ2n) is 15.6. The standard InChI is InChI=1S/C27H28NS.C22H23FGeN.Ir/c1-18(2)21-11-12-22-23-9-6-10-24(27(23)29-26(22)17-21)25-16-20(13-14-28-25)15-19-7-4-3-5-8-19;1-16(17-8-6-5-7-9-17)20-14-22(18-10-12-19(23)13-11-18)25-15-21(20)24(2,3)4;/h6,9,11-14,16-19H,3-5,7-8,15H2,1-2H3;5-10,12-16H,1-4H3;/q2*-1;/i15D2,18D;16D;. The zero-order valence-electron chi connectivity index (χ0n) is 36.5. The fourth-order valence-electron chi connectivity index (χ4n) is 7.30. The van der Waals surface area contributed by atoms with Crippen molar-refractivity contribution in [1.82, 2.24) is 9.97 Å². The number of fused-ring (bicyclic) bond motifs is 3. The van der Waals surface area contributed by atoms with Gasteiger partial charge < -0.3 is 4.98 Å². The average molecular weight is 988 g/mol. The Morgan fingerprint density at radius 1 is 0.855 bits per heavy atom. The predicted octanol–water partition coefficient (Wildman–Crippen LogP) is 13.5. The van der Waals surface area contributed by atoms with E-state index >= 15 is 0 Å². The largest absolute Gasteiger partial charge is 0 e. The van der Waals surface area contributed by atoms with Crippen LogP contribution in [-0.4, -0.2) is 23.2 Å². The summed E-state index contributed by atoms with van der Waals surface area (Å²) in [6, 6.07) is 36.7. The number of thiophene rings is 1. The number of pyridine rings is 2. The van der Waals surface area contributed by atoms with Crippen molar-refractivity contribution in [3.8, 4) is 22.5 Å². The van der Waals surface area contributed by atoms with E-state index in [-0.39, 0.29) is 31.8 Å². The first kappa shape index (κ1) is 35.9. The minimum absolute atomic E-state index is 0. The number of aromatic nitrogens is 2. The molecule has 55 heavy (non-hydrogen) atoms. The zero-order chi connectivity index (χ0) is 41.5. The minimum atomic E-state index is -2.25. The topological polar surface area (TPSA) is 25.8 Å². The van der Waals surface area contributed by atoms with Gasteiger partial charge in [0.15, 0.2) is 0 Å². The SMILES string of the molecule is [2H]C(C)(C)c1ccc2c(c1)sc1c(-c3cc(C([2H])([2H])C4CCCCC4)ccn3)[c-]ccc12.[2H]C(C)(c1ccccc1)c1cc(-c2[c-]cc(F)cc2)nc[c]1[Ge]([CH3])([CH3])[CH3].[Ir]. The molecule has 1 saturated carbocycles. The molecule has 3 aromatic heterocycles. The van der Waals surface area contributed by atoms with E-state index in [0.717, 1.165) is 85.2 Å². The Balaban J connectivity index is 0.000000199. The van der Waals surface area contributed by atoms with Crippen LogP contribution in [0, 0.1) is 23.9 Å². The van der Waals surface area contributed by atoms with Crippen LogP contribution in [0.5, 0.6) is 0 Å². The molecule has 1 fully saturated rings. The van der Waals surface area contributed by atoms with Crippen LogP contribution < -0.4 is 4.40 Å². The molecule has 8 rings (SSSR count).